The van der Waals surface area contributed by atoms with Crippen molar-refractivity contribution in [2.75, 3.05) is 0 Å². The molecular formula is C28H45N3. The second-order valence-corrected chi connectivity index (χ2v) is 9.05. The van der Waals surface area contributed by atoms with Crippen LogP contribution >= 0.6 is 0 Å². The van der Waals surface area contributed by atoms with Gasteiger partial charge in [-0.2, -0.15) is 0 Å². The number of aromatic nitrogens is 3. The molecular weight excluding hydrogens is 378 g/mol. The van der Waals surface area contributed by atoms with E-state index < -0.39 is 0 Å². The number of rotatable bonds is 18. The summed E-state index contributed by atoms with van der Waals surface area (Å²) in [5.41, 5.74) is 3.45. The minimum atomic E-state index is 0.787. The standard InChI is InChI=1S/C28H45N3/c1-3-5-7-9-11-13-14-16-18-25-22-30-28(31-23-25)26-20-21-27(29-24-26)19-17-15-12-10-8-6-4-2/h20-24H,3-19H2,1-2H3. The minimum absolute atomic E-state index is 0.787. The zero-order chi connectivity index (χ0) is 22.0. The molecule has 31 heavy (non-hydrogen) atoms. The Morgan fingerprint density at radius 3 is 1.55 bits per heavy atom. The molecule has 0 spiro atoms. The molecule has 0 atom stereocenters. The molecule has 2 rings (SSSR count). The molecule has 2 aromatic rings. The second kappa shape index (κ2) is 16.9. The number of pyridine rings is 1. The molecule has 0 aliphatic rings. The van der Waals surface area contributed by atoms with Crippen LogP contribution in [0, 0.1) is 0 Å². The number of aryl methyl sites for hydroxylation is 2. The van der Waals surface area contributed by atoms with Gasteiger partial charge < -0.3 is 0 Å². The highest BCUT2D eigenvalue weighted by atomic mass is 14.9. The average molecular weight is 424 g/mol. The Balaban J connectivity index is 1.63. The Morgan fingerprint density at radius 2 is 1.03 bits per heavy atom. The van der Waals surface area contributed by atoms with Crippen molar-refractivity contribution < 1.29 is 0 Å². The minimum Gasteiger partial charge on any atom is -0.261 e. The third kappa shape index (κ3) is 11.4. The van der Waals surface area contributed by atoms with Gasteiger partial charge in [-0.25, -0.2) is 9.97 Å². The fraction of sp³-hybridized carbons (Fsp3) is 0.679. The van der Waals surface area contributed by atoms with E-state index in [4.69, 9.17) is 0 Å². The number of hydrogen-bond acceptors (Lipinski definition) is 3. The van der Waals surface area contributed by atoms with Crippen molar-refractivity contribution in [1.29, 1.82) is 0 Å². The van der Waals surface area contributed by atoms with Crippen molar-refractivity contribution in [1.82, 2.24) is 15.0 Å². The van der Waals surface area contributed by atoms with Crippen LogP contribution in [0.4, 0.5) is 0 Å². The zero-order valence-electron chi connectivity index (χ0n) is 20.2. The molecule has 0 saturated heterocycles. The predicted molar refractivity (Wildman–Crippen MR) is 133 cm³/mol. The van der Waals surface area contributed by atoms with Crippen LogP contribution < -0.4 is 0 Å². The fourth-order valence-corrected chi connectivity index (χ4v) is 4.06. The number of hydrogen-bond donors (Lipinski definition) is 0. The van der Waals surface area contributed by atoms with Gasteiger partial charge >= 0.3 is 0 Å². The van der Waals surface area contributed by atoms with E-state index in [0.29, 0.717) is 0 Å². The summed E-state index contributed by atoms with van der Waals surface area (Å²) in [5.74, 6) is 0.787. The van der Waals surface area contributed by atoms with Crippen molar-refractivity contribution >= 4 is 0 Å². The third-order valence-electron chi connectivity index (χ3n) is 6.14. The lowest BCUT2D eigenvalue weighted by Crippen LogP contribution is -1.95. The summed E-state index contributed by atoms with van der Waals surface area (Å²) in [4.78, 5) is 13.8. The van der Waals surface area contributed by atoms with Gasteiger partial charge in [0.15, 0.2) is 5.82 Å². The quantitative estimate of drug-likeness (QED) is 0.225. The van der Waals surface area contributed by atoms with E-state index >= 15 is 0 Å². The van der Waals surface area contributed by atoms with Crippen LogP contribution in [-0.4, -0.2) is 15.0 Å². The summed E-state index contributed by atoms with van der Waals surface area (Å²) >= 11 is 0. The Bertz CT molecular complexity index is 664. The van der Waals surface area contributed by atoms with Crippen LogP contribution in [0.5, 0.6) is 0 Å². The first-order chi connectivity index (χ1) is 15.3. The normalized spacial score (nSPS) is 11.2. The summed E-state index contributed by atoms with van der Waals surface area (Å²) in [7, 11) is 0. The average Bonchev–Trinajstić information content (AvgIpc) is 2.81. The maximum atomic E-state index is 4.64. The van der Waals surface area contributed by atoms with Gasteiger partial charge in [-0.05, 0) is 43.4 Å². The van der Waals surface area contributed by atoms with Crippen LogP contribution in [0.3, 0.4) is 0 Å². The molecule has 3 heteroatoms. The highest BCUT2D eigenvalue weighted by Gasteiger charge is 2.04. The van der Waals surface area contributed by atoms with E-state index in [9.17, 15) is 0 Å². The Labute approximate surface area is 191 Å². The van der Waals surface area contributed by atoms with Gasteiger partial charge in [-0.3, -0.25) is 4.98 Å². The van der Waals surface area contributed by atoms with E-state index in [0.717, 1.165) is 24.2 Å². The van der Waals surface area contributed by atoms with Crippen LogP contribution in [0.15, 0.2) is 30.7 Å². The van der Waals surface area contributed by atoms with Crippen molar-refractivity contribution in [3.63, 3.8) is 0 Å². The molecule has 3 nitrogen and oxygen atoms in total. The topological polar surface area (TPSA) is 38.7 Å². The molecule has 0 fully saturated rings. The second-order valence-electron chi connectivity index (χ2n) is 9.05. The molecule has 0 saturated carbocycles. The fourth-order valence-electron chi connectivity index (χ4n) is 4.06. The van der Waals surface area contributed by atoms with Crippen LogP contribution in [-0.2, 0) is 12.8 Å². The lowest BCUT2D eigenvalue weighted by Gasteiger charge is -2.05. The molecule has 172 valence electrons. The number of nitrogens with zero attached hydrogens (tertiary/aromatic N) is 3. The van der Waals surface area contributed by atoms with Crippen molar-refractivity contribution in [3.05, 3.63) is 42.0 Å². The molecule has 0 radical (unpaired) electrons. The lowest BCUT2D eigenvalue weighted by atomic mass is 10.1. The smallest absolute Gasteiger partial charge is 0.160 e. The third-order valence-corrected chi connectivity index (χ3v) is 6.14. The van der Waals surface area contributed by atoms with E-state index in [-0.39, 0.29) is 0 Å². The summed E-state index contributed by atoms with van der Waals surface area (Å²) in [6.07, 6.45) is 28.3. The van der Waals surface area contributed by atoms with E-state index in [2.05, 4.69) is 40.9 Å². The van der Waals surface area contributed by atoms with Gasteiger partial charge in [0.1, 0.15) is 0 Å². The molecule has 0 aromatic carbocycles. The summed E-state index contributed by atoms with van der Waals surface area (Å²) in [6, 6.07) is 4.27. The first kappa shape index (κ1) is 25.5. The van der Waals surface area contributed by atoms with Crippen molar-refractivity contribution in [2.45, 2.75) is 123 Å². The van der Waals surface area contributed by atoms with Crippen LogP contribution in [0.2, 0.25) is 0 Å². The first-order valence-corrected chi connectivity index (χ1v) is 13.1. The molecule has 2 aromatic heterocycles. The van der Waals surface area contributed by atoms with Gasteiger partial charge in [-0.15, -0.1) is 0 Å². The van der Waals surface area contributed by atoms with Gasteiger partial charge in [0.2, 0.25) is 0 Å². The van der Waals surface area contributed by atoms with Gasteiger partial charge in [0.05, 0.1) is 0 Å². The van der Waals surface area contributed by atoms with Crippen molar-refractivity contribution in [2.24, 2.45) is 0 Å². The Morgan fingerprint density at radius 1 is 0.516 bits per heavy atom. The molecule has 0 aliphatic heterocycles. The molecule has 0 amide bonds. The van der Waals surface area contributed by atoms with Crippen molar-refractivity contribution in [3.8, 4) is 11.4 Å². The zero-order valence-corrected chi connectivity index (χ0v) is 20.2. The summed E-state index contributed by atoms with van der Waals surface area (Å²) in [5, 5.41) is 0. The predicted octanol–water partition coefficient (Wildman–Crippen LogP) is 8.51. The SMILES string of the molecule is CCCCCCCCCCc1cnc(-c2ccc(CCCCCCCCC)nc2)nc1. The largest absolute Gasteiger partial charge is 0.261 e. The summed E-state index contributed by atoms with van der Waals surface area (Å²) < 4.78 is 0. The Kier molecular flexibility index (Phi) is 13.9. The molecule has 0 N–H and O–H groups in total. The maximum absolute atomic E-state index is 4.64. The van der Waals surface area contributed by atoms with Gasteiger partial charge in [-0.1, -0.05) is 97.3 Å². The van der Waals surface area contributed by atoms with E-state index in [1.165, 1.54) is 108 Å². The molecule has 0 unspecified atom stereocenters. The van der Waals surface area contributed by atoms with E-state index in [1.54, 1.807) is 0 Å². The first-order valence-electron chi connectivity index (χ1n) is 13.1. The monoisotopic (exact) mass is 423 g/mol. The molecule has 0 bridgehead atoms. The lowest BCUT2D eigenvalue weighted by molar-refractivity contribution is 0.575. The molecule has 2 heterocycles. The highest BCUT2D eigenvalue weighted by molar-refractivity contribution is 5.53. The highest BCUT2D eigenvalue weighted by Crippen LogP contribution is 2.16. The summed E-state index contributed by atoms with van der Waals surface area (Å²) in [6.45, 7) is 4.55. The van der Waals surface area contributed by atoms with Gasteiger partial charge in [0.25, 0.3) is 0 Å². The van der Waals surface area contributed by atoms with Crippen LogP contribution in [0.25, 0.3) is 11.4 Å². The Hall–Kier alpha value is -1.77. The number of unbranched alkanes of at least 4 members (excludes halogenated alkanes) is 13. The van der Waals surface area contributed by atoms with Crippen LogP contribution in [0.1, 0.15) is 121 Å². The van der Waals surface area contributed by atoms with Gasteiger partial charge in [0, 0.05) is 29.8 Å². The molecule has 0 aliphatic carbocycles. The maximum Gasteiger partial charge on any atom is 0.160 e. The van der Waals surface area contributed by atoms with E-state index in [1.807, 2.05) is 18.6 Å².